The lowest BCUT2D eigenvalue weighted by atomic mass is 10.3. The SMILES string of the molecule is CCCCOC(C)COC(C)CO.OCC(O)CO. The molecular formula is C13H30O6. The van der Waals surface area contributed by atoms with Crippen LogP contribution in [0.3, 0.4) is 0 Å². The van der Waals surface area contributed by atoms with Crippen molar-refractivity contribution in [3.05, 3.63) is 0 Å². The van der Waals surface area contributed by atoms with Crippen molar-refractivity contribution in [2.24, 2.45) is 0 Å². The van der Waals surface area contributed by atoms with E-state index in [0.717, 1.165) is 19.4 Å². The molecule has 2 unspecified atom stereocenters. The molecule has 0 aliphatic heterocycles. The highest BCUT2D eigenvalue weighted by molar-refractivity contribution is 4.51. The first-order valence-electron chi connectivity index (χ1n) is 6.75. The van der Waals surface area contributed by atoms with Gasteiger partial charge in [0.05, 0.1) is 38.6 Å². The number of unbranched alkanes of at least 4 members (excludes halogenated alkanes) is 1. The van der Waals surface area contributed by atoms with E-state index in [2.05, 4.69) is 6.92 Å². The van der Waals surface area contributed by atoms with E-state index in [1.54, 1.807) is 0 Å². The maximum absolute atomic E-state index is 8.70. The van der Waals surface area contributed by atoms with Crippen LogP contribution >= 0.6 is 0 Å². The van der Waals surface area contributed by atoms with E-state index in [4.69, 9.17) is 29.9 Å². The van der Waals surface area contributed by atoms with Gasteiger partial charge in [-0.25, -0.2) is 0 Å². The van der Waals surface area contributed by atoms with Crippen molar-refractivity contribution in [1.82, 2.24) is 0 Å². The predicted molar refractivity (Wildman–Crippen MR) is 73.0 cm³/mol. The first kappa shape index (κ1) is 21.1. The zero-order valence-corrected chi connectivity index (χ0v) is 12.3. The van der Waals surface area contributed by atoms with E-state index in [1.165, 1.54) is 0 Å². The minimum Gasteiger partial charge on any atom is -0.394 e. The van der Waals surface area contributed by atoms with Crippen molar-refractivity contribution in [2.45, 2.75) is 51.9 Å². The maximum Gasteiger partial charge on any atom is 0.100 e. The van der Waals surface area contributed by atoms with Crippen LogP contribution in [0.25, 0.3) is 0 Å². The van der Waals surface area contributed by atoms with Gasteiger partial charge in [-0.2, -0.15) is 0 Å². The Kier molecular flexibility index (Phi) is 17.5. The number of ether oxygens (including phenoxy) is 2. The third-order valence-corrected chi connectivity index (χ3v) is 2.19. The average molecular weight is 282 g/mol. The lowest BCUT2D eigenvalue weighted by Gasteiger charge is -2.15. The van der Waals surface area contributed by atoms with Gasteiger partial charge in [0.2, 0.25) is 0 Å². The van der Waals surface area contributed by atoms with E-state index in [1.807, 2.05) is 13.8 Å². The van der Waals surface area contributed by atoms with Crippen LogP contribution in [-0.2, 0) is 9.47 Å². The van der Waals surface area contributed by atoms with Gasteiger partial charge in [0, 0.05) is 6.61 Å². The molecule has 0 fully saturated rings. The zero-order chi connectivity index (χ0) is 15.1. The van der Waals surface area contributed by atoms with Gasteiger partial charge >= 0.3 is 0 Å². The minimum absolute atomic E-state index is 0.0711. The number of hydrogen-bond acceptors (Lipinski definition) is 6. The molecule has 0 spiro atoms. The molecule has 0 aromatic rings. The van der Waals surface area contributed by atoms with Gasteiger partial charge < -0.3 is 29.9 Å². The van der Waals surface area contributed by atoms with E-state index >= 15 is 0 Å². The Bertz CT molecular complexity index is 163. The number of hydrogen-bond donors (Lipinski definition) is 4. The van der Waals surface area contributed by atoms with Gasteiger partial charge in [-0.1, -0.05) is 13.3 Å². The molecule has 0 aromatic heterocycles. The topological polar surface area (TPSA) is 99.4 Å². The third-order valence-electron chi connectivity index (χ3n) is 2.19. The Hall–Kier alpha value is -0.240. The van der Waals surface area contributed by atoms with Crippen molar-refractivity contribution in [1.29, 1.82) is 0 Å². The first-order valence-corrected chi connectivity index (χ1v) is 6.75. The fourth-order valence-electron chi connectivity index (χ4n) is 0.887. The molecule has 0 rings (SSSR count). The Morgan fingerprint density at radius 1 is 0.895 bits per heavy atom. The van der Waals surface area contributed by atoms with Crippen molar-refractivity contribution < 1.29 is 29.9 Å². The van der Waals surface area contributed by atoms with Crippen LogP contribution in [0.1, 0.15) is 33.6 Å². The summed E-state index contributed by atoms with van der Waals surface area (Å²) in [5, 5.41) is 32.7. The van der Waals surface area contributed by atoms with Crippen molar-refractivity contribution in [3.8, 4) is 0 Å². The summed E-state index contributed by atoms with van der Waals surface area (Å²) in [7, 11) is 0. The van der Waals surface area contributed by atoms with Gasteiger partial charge in [-0.05, 0) is 20.3 Å². The summed E-state index contributed by atoms with van der Waals surface area (Å²) >= 11 is 0. The molecule has 0 bridgehead atoms. The van der Waals surface area contributed by atoms with E-state index < -0.39 is 6.10 Å². The maximum atomic E-state index is 8.70. The van der Waals surface area contributed by atoms with Gasteiger partial charge in [0.1, 0.15) is 6.10 Å². The monoisotopic (exact) mass is 282 g/mol. The van der Waals surface area contributed by atoms with Crippen LogP contribution in [0.2, 0.25) is 0 Å². The molecule has 118 valence electrons. The van der Waals surface area contributed by atoms with E-state index in [9.17, 15) is 0 Å². The normalized spacial score (nSPS) is 13.9. The number of rotatable bonds is 10. The van der Waals surface area contributed by atoms with Crippen molar-refractivity contribution >= 4 is 0 Å². The van der Waals surface area contributed by atoms with E-state index in [-0.39, 0.29) is 32.0 Å². The van der Waals surface area contributed by atoms with Gasteiger partial charge in [-0.3, -0.25) is 0 Å². The van der Waals surface area contributed by atoms with Crippen LogP contribution in [-0.4, -0.2) is 71.8 Å². The lowest BCUT2D eigenvalue weighted by molar-refractivity contribution is -0.0457. The summed E-state index contributed by atoms with van der Waals surface area (Å²) in [4.78, 5) is 0. The molecule has 2 atom stereocenters. The molecule has 6 heteroatoms. The molecule has 6 nitrogen and oxygen atoms in total. The largest absolute Gasteiger partial charge is 0.394 e. The van der Waals surface area contributed by atoms with Gasteiger partial charge in [-0.15, -0.1) is 0 Å². The molecule has 0 heterocycles. The smallest absolute Gasteiger partial charge is 0.100 e. The standard InChI is InChI=1S/C10H22O3.C3H8O3/c1-4-5-6-12-10(3)8-13-9(2)7-11;4-1-3(6)2-5/h9-11H,4-8H2,1-3H3;3-6H,1-2H2. The second-order valence-corrected chi connectivity index (χ2v) is 4.38. The molecule has 0 saturated carbocycles. The van der Waals surface area contributed by atoms with Crippen LogP contribution in [0, 0.1) is 0 Å². The summed E-state index contributed by atoms with van der Waals surface area (Å²) in [5.74, 6) is 0. The Labute approximate surface area is 116 Å². The predicted octanol–water partition coefficient (Wildman–Crippen LogP) is -0.0791. The fraction of sp³-hybridized carbons (Fsp3) is 1.00. The molecule has 0 radical (unpaired) electrons. The molecule has 0 aliphatic carbocycles. The highest BCUT2D eigenvalue weighted by Gasteiger charge is 2.05. The van der Waals surface area contributed by atoms with Gasteiger partial charge in [0.15, 0.2) is 0 Å². The van der Waals surface area contributed by atoms with Crippen LogP contribution in [0.5, 0.6) is 0 Å². The third kappa shape index (κ3) is 17.8. The molecule has 0 aliphatic rings. The second-order valence-electron chi connectivity index (χ2n) is 4.38. The molecular weight excluding hydrogens is 252 g/mol. The second kappa shape index (κ2) is 15.8. The zero-order valence-electron chi connectivity index (χ0n) is 12.3. The summed E-state index contributed by atoms with van der Waals surface area (Å²) in [5.41, 5.74) is 0. The number of aliphatic hydroxyl groups is 4. The Morgan fingerprint density at radius 2 is 1.47 bits per heavy atom. The molecule has 0 amide bonds. The highest BCUT2D eigenvalue weighted by Crippen LogP contribution is 1.98. The summed E-state index contributed by atoms with van der Waals surface area (Å²) in [6.07, 6.45) is 1.34. The van der Waals surface area contributed by atoms with Gasteiger partial charge in [0.25, 0.3) is 0 Å². The first-order chi connectivity index (χ1) is 9.01. The molecule has 0 aromatic carbocycles. The lowest BCUT2D eigenvalue weighted by Crippen LogP contribution is -2.22. The van der Waals surface area contributed by atoms with Crippen LogP contribution in [0.15, 0.2) is 0 Å². The van der Waals surface area contributed by atoms with Crippen LogP contribution in [0.4, 0.5) is 0 Å². The fourth-order valence-corrected chi connectivity index (χ4v) is 0.887. The molecule has 4 N–H and O–H groups in total. The minimum atomic E-state index is -0.954. The van der Waals surface area contributed by atoms with Crippen molar-refractivity contribution in [3.63, 3.8) is 0 Å². The van der Waals surface area contributed by atoms with E-state index in [0.29, 0.717) is 6.61 Å². The van der Waals surface area contributed by atoms with Crippen LogP contribution < -0.4 is 0 Å². The Balaban J connectivity index is 0. The quantitative estimate of drug-likeness (QED) is 0.418. The average Bonchev–Trinajstić information content (AvgIpc) is 2.44. The molecule has 19 heavy (non-hydrogen) atoms. The van der Waals surface area contributed by atoms with Crippen molar-refractivity contribution in [2.75, 3.05) is 33.0 Å². The number of aliphatic hydroxyl groups excluding tert-OH is 4. The molecule has 0 saturated heterocycles. The Morgan fingerprint density at radius 3 is 1.84 bits per heavy atom. The summed E-state index contributed by atoms with van der Waals surface area (Å²) in [6.45, 7) is 6.67. The summed E-state index contributed by atoms with van der Waals surface area (Å²) < 4.78 is 10.8. The summed E-state index contributed by atoms with van der Waals surface area (Å²) in [6, 6.07) is 0. The highest BCUT2D eigenvalue weighted by atomic mass is 16.5.